The molecule has 2 unspecified atom stereocenters. The van der Waals surface area contributed by atoms with Gasteiger partial charge in [-0.2, -0.15) is 0 Å². The van der Waals surface area contributed by atoms with Gasteiger partial charge in [-0.05, 0) is 29.7 Å². The Labute approximate surface area is 77.1 Å². The van der Waals surface area contributed by atoms with E-state index in [1.54, 1.807) is 7.11 Å². The molecule has 0 aromatic heterocycles. The topological polar surface area (TPSA) is 55.5 Å². The average molecular weight is 179 g/mol. The summed E-state index contributed by atoms with van der Waals surface area (Å²) >= 11 is 0. The molecule has 3 heteroatoms. The van der Waals surface area contributed by atoms with E-state index in [9.17, 15) is 5.11 Å². The first-order valence-electron chi connectivity index (χ1n) is 4.33. The molecule has 1 aromatic rings. The van der Waals surface area contributed by atoms with Crippen LogP contribution in [0.15, 0.2) is 18.2 Å². The maximum absolute atomic E-state index is 9.69. The van der Waals surface area contributed by atoms with Crippen molar-refractivity contribution in [3.8, 4) is 5.75 Å². The Morgan fingerprint density at radius 2 is 2.31 bits per heavy atom. The Kier molecular flexibility index (Phi) is 1.98. The molecule has 13 heavy (non-hydrogen) atoms. The minimum Gasteiger partial charge on any atom is -0.497 e. The second-order valence-electron chi connectivity index (χ2n) is 3.38. The minimum atomic E-state index is -0.537. The first-order valence-corrected chi connectivity index (χ1v) is 4.33. The third-order valence-electron chi connectivity index (χ3n) is 2.53. The second-order valence-corrected chi connectivity index (χ2v) is 3.38. The third kappa shape index (κ3) is 1.30. The fraction of sp³-hybridized carbons (Fsp3) is 0.400. The number of nitrogens with two attached hydrogens (primary N) is 1. The zero-order chi connectivity index (χ0) is 9.42. The zero-order valence-electron chi connectivity index (χ0n) is 7.53. The van der Waals surface area contributed by atoms with E-state index in [0.717, 1.165) is 23.3 Å². The van der Waals surface area contributed by atoms with Crippen molar-refractivity contribution in [2.24, 2.45) is 5.73 Å². The highest BCUT2D eigenvalue weighted by atomic mass is 16.5. The molecular formula is C10H13NO2. The molecule has 0 heterocycles. The lowest BCUT2D eigenvalue weighted by Crippen LogP contribution is -2.24. The summed E-state index contributed by atoms with van der Waals surface area (Å²) in [5.74, 6) is 0.770. The zero-order valence-corrected chi connectivity index (χ0v) is 7.53. The number of ether oxygens (including phenoxy) is 1. The first-order chi connectivity index (χ1) is 6.22. The fourth-order valence-electron chi connectivity index (χ4n) is 1.76. The normalized spacial score (nSPS) is 25.8. The first kappa shape index (κ1) is 8.53. The van der Waals surface area contributed by atoms with E-state index >= 15 is 0 Å². The molecule has 0 radical (unpaired) electrons. The highest BCUT2D eigenvalue weighted by Crippen LogP contribution is 2.32. The summed E-state index contributed by atoms with van der Waals surface area (Å²) in [6, 6.07) is 5.54. The van der Waals surface area contributed by atoms with E-state index < -0.39 is 6.10 Å². The van der Waals surface area contributed by atoms with Crippen LogP contribution in [0.25, 0.3) is 0 Å². The number of aliphatic hydroxyl groups is 1. The standard InChI is InChI=1S/C10H13NO2/c1-13-7-3-2-6-4-9(11)10(12)8(6)5-7/h2-3,5,9-10,12H,4,11H2,1H3. The number of hydrogen-bond donors (Lipinski definition) is 2. The fourth-order valence-corrected chi connectivity index (χ4v) is 1.76. The third-order valence-corrected chi connectivity index (χ3v) is 2.53. The van der Waals surface area contributed by atoms with Crippen molar-refractivity contribution >= 4 is 0 Å². The smallest absolute Gasteiger partial charge is 0.119 e. The average Bonchev–Trinajstić information content (AvgIpc) is 2.43. The molecule has 1 aromatic carbocycles. The lowest BCUT2D eigenvalue weighted by Gasteiger charge is -2.09. The van der Waals surface area contributed by atoms with Crippen LogP contribution in [-0.2, 0) is 6.42 Å². The summed E-state index contributed by atoms with van der Waals surface area (Å²) in [6.07, 6.45) is 0.214. The number of methoxy groups -OCH3 is 1. The molecule has 0 fully saturated rings. The van der Waals surface area contributed by atoms with Crippen molar-refractivity contribution in [1.82, 2.24) is 0 Å². The SMILES string of the molecule is COc1ccc2c(c1)C(O)C(N)C2. The van der Waals surface area contributed by atoms with E-state index in [1.165, 1.54) is 0 Å². The summed E-state index contributed by atoms with van der Waals surface area (Å²) in [7, 11) is 1.61. The molecule has 3 N–H and O–H groups in total. The van der Waals surface area contributed by atoms with Gasteiger partial charge in [-0.3, -0.25) is 0 Å². The van der Waals surface area contributed by atoms with Gasteiger partial charge in [0.2, 0.25) is 0 Å². The molecule has 0 saturated carbocycles. The van der Waals surface area contributed by atoms with Crippen molar-refractivity contribution in [2.45, 2.75) is 18.6 Å². The molecule has 70 valence electrons. The predicted octanol–water partition coefficient (Wildman–Crippen LogP) is 0.612. The van der Waals surface area contributed by atoms with E-state index in [-0.39, 0.29) is 6.04 Å². The van der Waals surface area contributed by atoms with Crippen LogP contribution < -0.4 is 10.5 Å². The molecule has 0 bridgehead atoms. The van der Waals surface area contributed by atoms with Gasteiger partial charge in [-0.15, -0.1) is 0 Å². The second kappa shape index (κ2) is 3.01. The van der Waals surface area contributed by atoms with Gasteiger partial charge in [0, 0.05) is 6.04 Å². The Bertz CT molecular complexity index is 325. The molecular weight excluding hydrogens is 166 g/mol. The van der Waals surface area contributed by atoms with Gasteiger partial charge >= 0.3 is 0 Å². The molecule has 3 nitrogen and oxygen atoms in total. The molecule has 2 atom stereocenters. The summed E-state index contributed by atoms with van der Waals surface area (Å²) < 4.78 is 5.07. The van der Waals surface area contributed by atoms with Crippen LogP contribution in [0.5, 0.6) is 5.75 Å². The summed E-state index contributed by atoms with van der Waals surface area (Å²) in [4.78, 5) is 0. The Hall–Kier alpha value is -1.06. The molecule has 0 aliphatic heterocycles. The van der Waals surface area contributed by atoms with Gasteiger partial charge < -0.3 is 15.6 Å². The van der Waals surface area contributed by atoms with Gasteiger partial charge in [0.1, 0.15) is 5.75 Å². The Morgan fingerprint density at radius 3 is 3.00 bits per heavy atom. The van der Waals surface area contributed by atoms with Crippen LogP contribution in [0, 0.1) is 0 Å². The quantitative estimate of drug-likeness (QED) is 0.664. The molecule has 1 aliphatic carbocycles. The Morgan fingerprint density at radius 1 is 1.54 bits per heavy atom. The molecule has 0 saturated heterocycles. The van der Waals surface area contributed by atoms with Crippen LogP contribution in [0.1, 0.15) is 17.2 Å². The maximum atomic E-state index is 9.69. The summed E-state index contributed by atoms with van der Waals surface area (Å²) in [5, 5.41) is 9.69. The van der Waals surface area contributed by atoms with Crippen molar-refractivity contribution < 1.29 is 9.84 Å². The van der Waals surface area contributed by atoms with Crippen LogP contribution in [0.4, 0.5) is 0 Å². The van der Waals surface area contributed by atoms with Crippen molar-refractivity contribution in [2.75, 3.05) is 7.11 Å². The van der Waals surface area contributed by atoms with E-state index in [0.29, 0.717) is 0 Å². The molecule has 0 amide bonds. The van der Waals surface area contributed by atoms with E-state index in [1.807, 2.05) is 18.2 Å². The van der Waals surface area contributed by atoms with E-state index in [4.69, 9.17) is 10.5 Å². The van der Waals surface area contributed by atoms with Gasteiger partial charge in [-0.25, -0.2) is 0 Å². The lowest BCUT2D eigenvalue weighted by atomic mass is 10.1. The number of rotatable bonds is 1. The van der Waals surface area contributed by atoms with Crippen molar-refractivity contribution in [1.29, 1.82) is 0 Å². The van der Waals surface area contributed by atoms with Gasteiger partial charge in [-0.1, -0.05) is 6.07 Å². The maximum Gasteiger partial charge on any atom is 0.119 e. The highest BCUT2D eigenvalue weighted by Gasteiger charge is 2.28. The van der Waals surface area contributed by atoms with Crippen molar-refractivity contribution in [3.05, 3.63) is 29.3 Å². The van der Waals surface area contributed by atoms with Gasteiger partial charge in [0.15, 0.2) is 0 Å². The van der Waals surface area contributed by atoms with E-state index in [2.05, 4.69) is 0 Å². The van der Waals surface area contributed by atoms with Gasteiger partial charge in [0.05, 0.1) is 13.2 Å². The van der Waals surface area contributed by atoms with Crippen molar-refractivity contribution in [3.63, 3.8) is 0 Å². The predicted molar refractivity (Wildman–Crippen MR) is 49.6 cm³/mol. The number of hydrogen-bond acceptors (Lipinski definition) is 3. The minimum absolute atomic E-state index is 0.165. The molecule has 1 aliphatic rings. The number of benzene rings is 1. The number of aliphatic hydroxyl groups excluding tert-OH is 1. The molecule has 0 spiro atoms. The summed E-state index contributed by atoms with van der Waals surface area (Å²) in [5.41, 5.74) is 7.76. The van der Waals surface area contributed by atoms with Crippen LogP contribution in [-0.4, -0.2) is 18.3 Å². The molecule has 2 rings (SSSR count). The van der Waals surface area contributed by atoms with Crippen LogP contribution in [0.3, 0.4) is 0 Å². The van der Waals surface area contributed by atoms with Crippen LogP contribution in [0.2, 0.25) is 0 Å². The van der Waals surface area contributed by atoms with Gasteiger partial charge in [0.25, 0.3) is 0 Å². The van der Waals surface area contributed by atoms with Crippen LogP contribution >= 0.6 is 0 Å². The number of fused-ring (bicyclic) bond motifs is 1. The highest BCUT2D eigenvalue weighted by molar-refractivity contribution is 5.41. The monoisotopic (exact) mass is 179 g/mol. The Balaban J connectivity index is 2.42. The lowest BCUT2D eigenvalue weighted by molar-refractivity contribution is 0.159. The summed E-state index contributed by atoms with van der Waals surface area (Å²) in [6.45, 7) is 0. The largest absolute Gasteiger partial charge is 0.497 e.